The van der Waals surface area contributed by atoms with Crippen LogP contribution in [0.25, 0.3) is 0 Å². The largest absolute Gasteiger partial charge is 0.337 e. The van der Waals surface area contributed by atoms with Crippen LogP contribution in [0.15, 0.2) is 9.90 Å². The Kier molecular flexibility index (Phi) is 4.34. The summed E-state index contributed by atoms with van der Waals surface area (Å²) in [7, 11) is 0. The number of thiazole rings is 1. The van der Waals surface area contributed by atoms with Gasteiger partial charge in [0.05, 0.1) is 18.8 Å². The average molecular weight is 335 g/mol. The van der Waals surface area contributed by atoms with Gasteiger partial charge in [-0.3, -0.25) is 0 Å². The summed E-state index contributed by atoms with van der Waals surface area (Å²) in [5, 5.41) is 12.3. The van der Waals surface area contributed by atoms with Crippen LogP contribution >= 0.6 is 11.3 Å². The topological polar surface area (TPSA) is 92.9 Å². The summed E-state index contributed by atoms with van der Waals surface area (Å²) in [5.41, 5.74) is 1.06. The Morgan fingerprint density at radius 2 is 2.04 bits per heavy atom. The van der Waals surface area contributed by atoms with E-state index in [9.17, 15) is 4.79 Å². The zero-order valence-corrected chi connectivity index (χ0v) is 14.4. The molecule has 1 aliphatic carbocycles. The molecular weight excluding hydrogens is 314 g/mol. The van der Waals surface area contributed by atoms with Crippen molar-refractivity contribution in [2.45, 2.75) is 58.0 Å². The van der Waals surface area contributed by atoms with Crippen molar-refractivity contribution < 1.29 is 9.32 Å². The molecule has 1 aliphatic rings. The van der Waals surface area contributed by atoms with E-state index in [1.165, 1.54) is 0 Å². The van der Waals surface area contributed by atoms with Gasteiger partial charge in [0.1, 0.15) is 5.01 Å². The Morgan fingerprint density at radius 1 is 1.30 bits per heavy atom. The minimum absolute atomic E-state index is 0.0221. The van der Waals surface area contributed by atoms with Crippen LogP contribution in [0.4, 0.5) is 4.79 Å². The quantitative estimate of drug-likeness (QED) is 0.876. The van der Waals surface area contributed by atoms with Gasteiger partial charge in [0.25, 0.3) is 0 Å². The second-order valence-corrected chi connectivity index (χ2v) is 7.68. The Morgan fingerprint density at radius 3 is 2.70 bits per heavy atom. The van der Waals surface area contributed by atoms with E-state index in [1.807, 2.05) is 5.38 Å². The molecule has 0 atom stereocenters. The molecule has 1 fully saturated rings. The van der Waals surface area contributed by atoms with E-state index in [2.05, 4.69) is 46.5 Å². The lowest BCUT2D eigenvalue weighted by Crippen LogP contribution is -2.34. The molecule has 2 heterocycles. The van der Waals surface area contributed by atoms with Gasteiger partial charge in [0.15, 0.2) is 5.82 Å². The van der Waals surface area contributed by atoms with Crippen molar-refractivity contribution in [2.75, 3.05) is 0 Å². The molecule has 0 bridgehead atoms. The minimum atomic E-state index is -0.274. The summed E-state index contributed by atoms with van der Waals surface area (Å²) in [6.07, 6.45) is 2.24. The maximum absolute atomic E-state index is 11.8. The van der Waals surface area contributed by atoms with Crippen molar-refractivity contribution in [2.24, 2.45) is 0 Å². The number of nitrogens with zero attached hydrogens (tertiary/aromatic N) is 3. The van der Waals surface area contributed by atoms with Crippen LogP contribution in [0.3, 0.4) is 0 Å². The Hall–Kier alpha value is -1.96. The van der Waals surface area contributed by atoms with Crippen molar-refractivity contribution in [1.82, 2.24) is 25.8 Å². The molecule has 8 heteroatoms. The summed E-state index contributed by atoms with van der Waals surface area (Å²) in [5.74, 6) is 1.63. The van der Waals surface area contributed by atoms with Crippen LogP contribution < -0.4 is 10.6 Å². The SMILES string of the molecule is CC(C)(C)c1csc(CNC(=O)NCc2nc(C3CC3)no2)n1. The number of nitrogens with one attached hydrogen (secondary N) is 2. The van der Waals surface area contributed by atoms with Crippen molar-refractivity contribution in [1.29, 1.82) is 0 Å². The Bertz CT molecular complexity index is 684. The Labute approximate surface area is 138 Å². The smallest absolute Gasteiger partial charge is 0.315 e. The molecule has 1 saturated carbocycles. The molecular formula is C15H21N5O2S. The van der Waals surface area contributed by atoms with E-state index < -0.39 is 0 Å². The average Bonchev–Trinajstić information content (AvgIpc) is 3.04. The van der Waals surface area contributed by atoms with E-state index in [-0.39, 0.29) is 18.0 Å². The molecule has 3 rings (SSSR count). The molecule has 0 unspecified atom stereocenters. The van der Waals surface area contributed by atoms with E-state index in [4.69, 9.17) is 4.52 Å². The lowest BCUT2D eigenvalue weighted by Gasteiger charge is -2.14. The van der Waals surface area contributed by atoms with Crippen molar-refractivity contribution >= 4 is 17.4 Å². The predicted octanol–water partition coefficient (Wildman–Crippen LogP) is 2.70. The van der Waals surface area contributed by atoms with Crippen LogP contribution in [0, 0.1) is 0 Å². The molecule has 0 spiro atoms. The van der Waals surface area contributed by atoms with Gasteiger partial charge in [-0.15, -0.1) is 11.3 Å². The third kappa shape index (κ3) is 4.28. The van der Waals surface area contributed by atoms with Gasteiger partial charge in [0.2, 0.25) is 5.89 Å². The highest BCUT2D eigenvalue weighted by Gasteiger charge is 2.28. The van der Waals surface area contributed by atoms with Gasteiger partial charge < -0.3 is 15.2 Å². The fourth-order valence-corrected chi connectivity index (χ4v) is 2.92. The summed E-state index contributed by atoms with van der Waals surface area (Å²) >= 11 is 1.55. The zero-order chi connectivity index (χ0) is 16.4. The zero-order valence-electron chi connectivity index (χ0n) is 13.5. The van der Waals surface area contributed by atoms with E-state index in [0.717, 1.165) is 29.4 Å². The number of rotatable bonds is 5. The lowest BCUT2D eigenvalue weighted by atomic mass is 9.93. The first-order valence-corrected chi connectivity index (χ1v) is 8.59. The maximum Gasteiger partial charge on any atom is 0.315 e. The summed E-state index contributed by atoms with van der Waals surface area (Å²) < 4.78 is 5.11. The van der Waals surface area contributed by atoms with Gasteiger partial charge in [-0.1, -0.05) is 25.9 Å². The number of hydrogen-bond acceptors (Lipinski definition) is 6. The second-order valence-electron chi connectivity index (χ2n) is 6.73. The highest BCUT2D eigenvalue weighted by atomic mass is 32.1. The third-order valence-electron chi connectivity index (χ3n) is 3.55. The number of aromatic nitrogens is 3. The molecule has 0 saturated heterocycles. The van der Waals surface area contributed by atoms with Gasteiger partial charge >= 0.3 is 6.03 Å². The predicted molar refractivity (Wildman–Crippen MR) is 86.2 cm³/mol. The number of urea groups is 1. The molecule has 2 aromatic heterocycles. The van der Waals surface area contributed by atoms with Gasteiger partial charge in [0, 0.05) is 16.7 Å². The van der Waals surface area contributed by atoms with Crippen LogP contribution in [0.5, 0.6) is 0 Å². The highest BCUT2D eigenvalue weighted by molar-refractivity contribution is 7.09. The van der Waals surface area contributed by atoms with Crippen LogP contribution in [-0.4, -0.2) is 21.2 Å². The number of carbonyl (C=O) groups is 1. The number of amides is 2. The van der Waals surface area contributed by atoms with Crippen LogP contribution in [0.1, 0.15) is 61.9 Å². The van der Waals surface area contributed by atoms with Gasteiger partial charge in [-0.2, -0.15) is 4.98 Å². The maximum atomic E-state index is 11.8. The fraction of sp³-hybridized carbons (Fsp3) is 0.600. The van der Waals surface area contributed by atoms with Gasteiger partial charge in [-0.25, -0.2) is 9.78 Å². The van der Waals surface area contributed by atoms with Gasteiger partial charge in [-0.05, 0) is 12.8 Å². The lowest BCUT2D eigenvalue weighted by molar-refractivity contribution is 0.238. The van der Waals surface area contributed by atoms with Crippen molar-refractivity contribution in [3.8, 4) is 0 Å². The molecule has 2 aromatic rings. The fourth-order valence-electron chi connectivity index (χ4n) is 1.96. The molecule has 2 N–H and O–H groups in total. The first kappa shape index (κ1) is 15.9. The molecule has 7 nitrogen and oxygen atoms in total. The standard InChI is InChI=1S/C15H21N5O2S/c1-15(2,3)10-8-23-12(18-10)7-17-14(21)16-6-11-19-13(20-22-11)9-4-5-9/h8-9H,4-7H2,1-3H3,(H2,16,17,21). The number of hydrogen-bond donors (Lipinski definition) is 2. The summed E-state index contributed by atoms with van der Waals surface area (Å²) in [6, 6.07) is -0.274. The number of carbonyl (C=O) groups excluding carboxylic acids is 1. The van der Waals surface area contributed by atoms with E-state index in [1.54, 1.807) is 11.3 Å². The van der Waals surface area contributed by atoms with E-state index >= 15 is 0 Å². The molecule has 2 amide bonds. The normalized spacial score (nSPS) is 14.7. The molecule has 0 aromatic carbocycles. The molecule has 0 aliphatic heterocycles. The van der Waals surface area contributed by atoms with Crippen molar-refractivity contribution in [3.63, 3.8) is 0 Å². The molecule has 0 radical (unpaired) electrons. The minimum Gasteiger partial charge on any atom is -0.337 e. The summed E-state index contributed by atoms with van der Waals surface area (Å²) in [6.45, 7) is 6.99. The van der Waals surface area contributed by atoms with E-state index in [0.29, 0.717) is 18.4 Å². The third-order valence-corrected chi connectivity index (χ3v) is 4.40. The molecule has 124 valence electrons. The first-order valence-electron chi connectivity index (χ1n) is 7.71. The Balaban J connectivity index is 1.43. The summed E-state index contributed by atoms with van der Waals surface area (Å²) in [4.78, 5) is 20.6. The highest BCUT2D eigenvalue weighted by Crippen LogP contribution is 2.38. The first-order chi connectivity index (χ1) is 10.9. The van der Waals surface area contributed by atoms with Crippen LogP contribution in [0.2, 0.25) is 0 Å². The van der Waals surface area contributed by atoms with Crippen molar-refractivity contribution in [3.05, 3.63) is 27.8 Å². The van der Waals surface area contributed by atoms with Crippen LogP contribution in [-0.2, 0) is 18.5 Å². The molecule has 23 heavy (non-hydrogen) atoms. The second kappa shape index (κ2) is 6.27. The monoisotopic (exact) mass is 335 g/mol.